The van der Waals surface area contributed by atoms with Gasteiger partial charge in [0.15, 0.2) is 6.20 Å². The monoisotopic (exact) mass is 317 g/mol. The van der Waals surface area contributed by atoms with Crippen molar-refractivity contribution in [3.05, 3.63) is 83.3 Å². The first-order valence-electron chi connectivity index (χ1n) is 8.06. The van der Waals surface area contributed by atoms with Gasteiger partial charge in [-0.2, -0.15) is 4.57 Å². The molecule has 3 heteroatoms. The number of ketones is 1. The van der Waals surface area contributed by atoms with Gasteiger partial charge in [0.2, 0.25) is 18.0 Å². The molecule has 24 heavy (non-hydrogen) atoms. The second kappa shape index (κ2) is 6.75. The van der Waals surface area contributed by atoms with E-state index in [1.54, 1.807) is 6.20 Å². The number of carbonyl (C=O) groups is 1. The molecule has 0 unspecified atom stereocenters. The van der Waals surface area contributed by atoms with Crippen molar-refractivity contribution in [2.24, 2.45) is 0 Å². The summed E-state index contributed by atoms with van der Waals surface area (Å²) in [6.45, 7) is 6.60. The van der Waals surface area contributed by atoms with Gasteiger partial charge < -0.3 is 0 Å². The largest absolute Gasteiger partial charge is 0.287 e. The van der Waals surface area contributed by atoms with Crippen LogP contribution in [-0.2, 0) is 6.54 Å². The van der Waals surface area contributed by atoms with Gasteiger partial charge in [-0.1, -0.05) is 48.0 Å². The first-order chi connectivity index (χ1) is 11.6. The molecule has 0 amide bonds. The van der Waals surface area contributed by atoms with E-state index in [9.17, 15) is 4.79 Å². The highest BCUT2D eigenvalue weighted by Gasteiger charge is 2.20. The molecule has 3 nitrogen and oxygen atoms in total. The number of aromatic nitrogens is 2. The molecule has 0 saturated carbocycles. The molecule has 120 valence electrons. The number of carbonyl (C=O) groups excluding carboxylic acids is 1. The summed E-state index contributed by atoms with van der Waals surface area (Å²) in [6, 6.07) is 13.7. The molecule has 0 saturated heterocycles. The lowest BCUT2D eigenvalue weighted by molar-refractivity contribution is -0.672. The Morgan fingerprint density at radius 3 is 2.38 bits per heavy atom. The highest BCUT2D eigenvalue weighted by Crippen LogP contribution is 2.25. The molecule has 3 rings (SSSR count). The normalized spacial score (nSPS) is 10.6. The molecule has 0 radical (unpaired) electrons. The van der Waals surface area contributed by atoms with Crippen LogP contribution in [0.5, 0.6) is 0 Å². The van der Waals surface area contributed by atoms with Crippen LogP contribution in [-0.4, -0.2) is 10.8 Å². The number of nitrogens with zero attached hydrogens (tertiary/aromatic N) is 2. The molecule has 0 atom stereocenters. The lowest BCUT2D eigenvalue weighted by Crippen LogP contribution is -2.40. The maximum Gasteiger partial charge on any atom is 0.231 e. The van der Waals surface area contributed by atoms with Crippen LogP contribution in [0.25, 0.3) is 11.3 Å². The fraction of sp³-hybridized carbons (Fsp3) is 0.190. The number of benzene rings is 2. The Morgan fingerprint density at radius 1 is 1.04 bits per heavy atom. The molecule has 2 aromatic carbocycles. The standard InChI is InChI=1S/C21H21N2O/c1-15-11-16(2)21(17(3)12-15)19-13-22-9-10-23(19)14-20(24)18-7-5-4-6-8-18/h4-13H,14H2,1-3H3/q+1. The average molecular weight is 317 g/mol. The molecule has 0 bridgehead atoms. The summed E-state index contributed by atoms with van der Waals surface area (Å²) < 4.78 is 1.98. The van der Waals surface area contributed by atoms with Crippen molar-refractivity contribution in [1.29, 1.82) is 0 Å². The van der Waals surface area contributed by atoms with Crippen LogP contribution in [0.3, 0.4) is 0 Å². The third-order valence-corrected chi connectivity index (χ3v) is 4.18. The van der Waals surface area contributed by atoms with Gasteiger partial charge in [0, 0.05) is 5.56 Å². The summed E-state index contributed by atoms with van der Waals surface area (Å²) in [6.07, 6.45) is 5.43. The number of hydrogen-bond acceptors (Lipinski definition) is 2. The Bertz CT molecular complexity index is 862. The van der Waals surface area contributed by atoms with Crippen molar-refractivity contribution in [3.8, 4) is 11.3 Å². The highest BCUT2D eigenvalue weighted by atomic mass is 16.1. The second-order valence-electron chi connectivity index (χ2n) is 6.15. The van der Waals surface area contributed by atoms with Crippen LogP contribution in [0.2, 0.25) is 0 Å². The first-order valence-corrected chi connectivity index (χ1v) is 8.06. The van der Waals surface area contributed by atoms with Crippen LogP contribution in [0.15, 0.2) is 61.1 Å². The SMILES string of the molecule is Cc1cc(C)c(-c2cncc[n+]2CC(=O)c2ccccc2)c(C)c1. The molecule has 1 heterocycles. The summed E-state index contributed by atoms with van der Waals surface area (Å²) >= 11 is 0. The van der Waals surface area contributed by atoms with E-state index in [1.807, 2.05) is 47.3 Å². The van der Waals surface area contributed by atoms with Crippen LogP contribution in [0, 0.1) is 20.8 Å². The van der Waals surface area contributed by atoms with Crippen molar-refractivity contribution in [1.82, 2.24) is 4.98 Å². The van der Waals surface area contributed by atoms with Crippen molar-refractivity contribution < 1.29 is 9.36 Å². The summed E-state index contributed by atoms with van der Waals surface area (Å²) in [7, 11) is 0. The molecule has 1 aromatic heterocycles. The van der Waals surface area contributed by atoms with E-state index < -0.39 is 0 Å². The van der Waals surface area contributed by atoms with Gasteiger partial charge in [-0.25, -0.2) is 0 Å². The van der Waals surface area contributed by atoms with Crippen molar-refractivity contribution in [2.75, 3.05) is 0 Å². The van der Waals surface area contributed by atoms with Gasteiger partial charge in [0.25, 0.3) is 0 Å². The Labute approximate surface area is 142 Å². The Morgan fingerprint density at radius 2 is 1.71 bits per heavy atom. The predicted molar refractivity (Wildman–Crippen MR) is 94.9 cm³/mol. The van der Waals surface area contributed by atoms with Crippen molar-refractivity contribution in [2.45, 2.75) is 27.3 Å². The zero-order chi connectivity index (χ0) is 17.1. The molecule has 0 aliphatic carbocycles. The zero-order valence-corrected chi connectivity index (χ0v) is 14.3. The van der Waals surface area contributed by atoms with E-state index in [0.717, 1.165) is 16.8 Å². The lowest BCUT2D eigenvalue weighted by atomic mass is 9.97. The van der Waals surface area contributed by atoms with Crippen LogP contribution < -0.4 is 4.57 Å². The van der Waals surface area contributed by atoms with Crippen molar-refractivity contribution >= 4 is 5.78 Å². The molecular weight excluding hydrogens is 296 g/mol. The van der Waals surface area contributed by atoms with E-state index >= 15 is 0 Å². The van der Waals surface area contributed by atoms with E-state index in [-0.39, 0.29) is 5.78 Å². The van der Waals surface area contributed by atoms with Gasteiger partial charge in [0.1, 0.15) is 0 Å². The Kier molecular flexibility index (Phi) is 4.52. The van der Waals surface area contributed by atoms with E-state index in [2.05, 4.69) is 37.9 Å². The topological polar surface area (TPSA) is 33.8 Å². The average Bonchev–Trinajstić information content (AvgIpc) is 2.56. The smallest absolute Gasteiger partial charge is 0.231 e. The van der Waals surface area contributed by atoms with Crippen LogP contribution >= 0.6 is 0 Å². The summed E-state index contributed by atoms with van der Waals surface area (Å²) in [5.74, 6) is 0.0930. The zero-order valence-electron chi connectivity index (χ0n) is 14.3. The highest BCUT2D eigenvalue weighted by molar-refractivity contribution is 5.95. The summed E-state index contributed by atoms with van der Waals surface area (Å²) in [5, 5.41) is 0. The minimum atomic E-state index is 0.0930. The summed E-state index contributed by atoms with van der Waals surface area (Å²) in [4.78, 5) is 16.9. The molecular formula is C21H21N2O+. The minimum absolute atomic E-state index is 0.0930. The van der Waals surface area contributed by atoms with E-state index in [4.69, 9.17) is 0 Å². The first kappa shape index (κ1) is 16.1. The minimum Gasteiger partial charge on any atom is -0.287 e. The number of aryl methyl sites for hydroxylation is 3. The Hall–Kier alpha value is -2.81. The third kappa shape index (κ3) is 3.25. The summed E-state index contributed by atoms with van der Waals surface area (Å²) in [5.41, 5.74) is 6.48. The fourth-order valence-electron chi connectivity index (χ4n) is 3.19. The maximum absolute atomic E-state index is 12.6. The second-order valence-corrected chi connectivity index (χ2v) is 6.15. The Balaban J connectivity index is 2.02. The fourth-order valence-corrected chi connectivity index (χ4v) is 3.19. The van der Waals surface area contributed by atoms with Gasteiger partial charge >= 0.3 is 0 Å². The molecule has 3 aromatic rings. The van der Waals surface area contributed by atoms with Crippen LogP contribution in [0.1, 0.15) is 27.0 Å². The van der Waals surface area contributed by atoms with Gasteiger partial charge in [0.05, 0.1) is 18.0 Å². The predicted octanol–water partition coefficient (Wildman–Crippen LogP) is 3.84. The van der Waals surface area contributed by atoms with Gasteiger partial charge in [-0.3, -0.25) is 9.78 Å². The van der Waals surface area contributed by atoms with Gasteiger partial charge in [-0.15, -0.1) is 0 Å². The number of rotatable bonds is 4. The maximum atomic E-state index is 12.6. The van der Waals surface area contributed by atoms with E-state index in [0.29, 0.717) is 6.54 Å². The van der Waals surface area contributed by atoms with E-state index in [1.165, 1.54) is 16.7 Å². The molecule has 0 aliphatic rings. The molecule has 0 aliphatic heterocycles. The van der Waals surface area contributed by atoms with Crippen molar-refractivity contribution in [3.63, 3.8) is 0 Å². The van der Waals surface area contributed by atoms with Gasteiger partial charge in [-0.05, 0) is 31.9 Å². The molecule has 0 fully saturated rings. The lowest BCUT2D eigenvalue weighted by Gasteiger charge is -2.10. The number of hydrogen-bond donors (Lipinski definition) is 0. The molecule has 0 spiro atoms. The molecule has 0 N–H and O–H groups in total. The van der Waals surface area contributed by atoms with Crippen LogP contribution in [0.4, 0.5) is 0 Å². The third-order valence-electron chi connectivity index (χ3n) is 4.18. The quantitative estimate of drug-likeness (QED) is 0.541. The number of Topliss-reactive ketones (excluding diaryl/α,β-unsaturated/α-hetero) is 1.